The molecule has 8 rings (SSSR count). The fraction of sp³-hybridized carbons (Fsp3) is 0.325. The molecule has 2 aromatic carbocycles. The number of halogens is 2. The third kappa shape index (κ3) is 7.14. The summed E-state index contributed by atoms with van der Waals surface area (Å²) in [6, 6.07) is 19.2. The summed E-state index contributed by atoms with van der Waals surface area (Å²) in [5, 5.41) is 3.00. The first-order valence-electron chi connectivity index (χ1n) is 18.1. The summed E-state index contributed by atoms with van der Waals surface area (Å²) in [4.78, 5) is 54.6. The highest BCUT2D eigenvalue weighted by molar-refractivity contribution is 5.93. The van der Waals surface area contributed by atoms with Crippen LogP contribution in [0.4, 0.5) is 8.78 Å². The standard InChI is InChI=1S/C40H40F2N8O3/c1-46-17-19-47(20-18-46)16-15-26-5-7-27(8-6-26)28-3-2-4-33(21-28)49-37-34(22-30(42)23-43-37)39(52)50(40(49)53)32-12-10-31(11-13-32)44-38(51)35-25-48-24-29(41)9-14-36(48)45-35/h2-9,14,21-25,31-32H,10-13,15-20H2,1H3,(H,44,51)/t31-,32+. The first-order chi connectivity index (χ1) is 25.7. The number of piperazine rings is 1. The summed E-state index contributed by atoms with van der Waals surface area (Å²) in [6.45, 7) is 5.37. The van der Waals surface area contributed by atoms with E-state index in [4.69, 9.17) is 0 Å². The van der Waals surface area contributed by atoms with Gasteiger partial charge in [-0.25, -0.2) is 28.1 Å². The Morgan fingerprint density at radius 2 is 1.64 bits per heavy atom. The van der Waals surface area contributed by atoms with Crippen molar-refractivity contribution in [2.24, 2.45) is 0 Å². The van der Waals surface area contributed by atoms with Gasteiger partial charge in [-0.1, -0.05) is 36.4 Å². The summed E-state index contributed by atoms with van der Waals surface area (Å²) in [5.41, 5.74) is 3.19. The van der Waals surface area contributed by atoms with Crippen molar-refractivity contribution in [2.45, 2.75) is 44.2 Å². The molecule has 53 heavy (non-hydrogen) atoms. The van der Waals surface area contributed by atoms with Crippen LogP contribution in [0.2, 0.25) is 0 Å². The maximum atomic E-state index is 14.6. The van der Waals surface area contributed by atoms with Crippen LogP contribution in [0, 0.1) is 11.6 Å². The summed E-state index contributed by atoms with van der Waals surface area (Å²) < 4.78 is 32.3. The molecule has 5 heterocycles. The number of carbonyl (C=O) groups excluding carboxylic acids is 1. The van der Waals surface area contributed by atoms with Crippen molar-refractivity contribution in [3.63, 3.8) is 0 Å². The number of nitrogens with zero attached hydrogens (tertiary/aromatic N) is 7. The number of nitrogens with one attached hydrogen (secondary N) is 1. The zero-order chi connectivity index (χ0) is 36.6. The zero-order valence-electron chi connectivity index (χ0n) is 29.4. The quantitative estimate of drug-likeness (QED) is 0.240. The second-order valence-corrected chi connectivity index (χ2v) is 14.2. The van der Waals surface area contributed by atoms with Gasteiger partial charge in [0.05, 0.1) is 17.3 Å². The van der Waals surface area contributed by atoms with E-state index in [1.54, 1.807) is 6.07 Å². The largest absolute Gasteiger partial charge is 0.348 e. The molecule has 11 nitrogen and oxygen atoms in total. The summed E-state index contributed by atoms with van der Waals surface area (Å²) in [6.07, 6.45) is 6.59. The predicted octanol–water partition coefficient (Wildman–Crippen LogP) is 4.84. The molecule has 4 aromatic heterocycles. The Hall–Kier alpha value is -5.53. The molecule has 1 aliphatic carbocycles. The van der Waals surface area contributed by atoms with Gasteiger partial charge in [0, 0.05) is 57.2 Å². The third-order valence-corrected chi connectivity index (χ3v) is 10.6. The molecule has 1 N–H and O–H groups in total. The molecular formula is C40H40F2N8O3. The molecule has 0 radical (unpaired) electrons. The van der Waals surface area contributed by atoms with E-state index in [1.165, 1.54) is 43.6 Å². The minimum Gasteiger partial charge on any atom is -0.348 e. The maximum Gasteiger partial charge on any atom is 0.337 e. The number of fused-ring (bicyclic) bond motifs is 2. The highest BCUT2D eigenvalue weighted by Crippen LogP contribution is 2.29. The van der Waals surface area contributed by atoms with Gasteiger partial charge in [-0.05, 0) is 86.2 Å². The number of amides is 1. The Morgan fingerprint density at radius 3 is 2.42 bits per heavy atom. The second kappa shape index (κ2) is 14.5. The van der Waals surface area contributed by atoms with E-state index in [1.807, 2.05) is 18.2 Å². The van der Waals surface area contributed by atoms with E-state index in [2.05, 4.69) is 56.4 Å². The molecule has 13 heteroatoms. The molecule has 272 valence electrons. The Balaban J connectivity index is 1.03. The lowest BCUT2D eigenvalue weighted by Gasteiger charge is -2.32. The molecule has 0 atom stereocenters. The fourth-order valence-electron chi connectivity index (χ4n) is 7.60. The van der Waals surface area contributed by atoms with Crippen molar-refractivity contribution >= 4 is 22.6 Å². The number of aromatic nitrogens is 5. The van der Waals surface area contributed by atoms with Crippen molar-refractivity contribution < 1.29 is 13.6 Å². The average Bonchev–Trinajstić information content (AvgIpc) is 3.60. The second-order valence-electron chi connectivity index (χ2n) is 14.2. The van der Waals surface area contributed by atoms with E-state index in [0.717, 1.165) is 62.5 Å². The van der Waals surface area contributed by atoms with E-state index >= 15 is 0 Å². The van der Waals surface area contributed by atoms with Crippen LogP contribution in [-0.4, -0.2) is 85.0 Å². The van der Waals surface area contributed by atoms with Crippen molar-refractivity contribution in [2.75, 3.05) is 39.8 Å². The van der Waals surface area contributed by atoms with Gasteiger partial charge in [-0.2, -0.15) is 0 Å². The average molecular weight is 719 g/mol. The highest BCUT2D eigenvalue weighted by atomic mass is 19.1. The van der Waals surface area contributed by atoms with Crippen LogP contribution in [0.1, 0.15) is 47.8 Å². The Bertz CT molecular complexity index is 2420. The summed E-state index contributed by atoms with van der Waals surface area (Å²) in [5.74, 6) is -1.50. The van der Waals surface area contributed by atoms with Crippen LogP contribution in [0.25, 0.3) is 33.5 Å². The van der Waals surface area contributed by atoms with E-state index < -0.39 is 28.9 Å². The minimum atomic E-state index is -0.672. The van der Waals surface area contributed by atoms with Crippen LogP contribution in [0.3, 0.4) is 0 Å². The molecule has 0 unspecified atom stereocenters. The number of imidazole rings is 1. The Labute approximate surface area is 304 Å². The highest BCUT2D eigenvalue weighted by Gasteiger charge is 2.29. The van der Waals surface area contributed by atoms with Crippen LogP contribution in [0.5, 0.6) is 0 Å². The normalized spacial score (nSPS) is 18.5. The fourth-order valence-corrected chi connectivity index (χ4v) is 7.60. The van der Waals surface area contributed by atoms with Gasteiger partial charge >= 0.3 is 5.69 Å². The first-order valence-corrected chi connectivity index (χ1v) is 18.1. The van der Waals surface area contributed by atoms with Gasteiger partial charge in [-0.15, -0.1) is 0 Å². The van der Waals surface area contributed by atoms with Gasteiger partial charge in [0.25, 0.3) is 11.5 Å². The molecule has 1 saturated carbocycles. The lowest BCUT2D eigenvalue weighted by molar-refractivity contribution is 0.0917. The first kappa shape index (κ1) is 34.6. The van der Waals surface area contributed by atoms with Crippen LogP contribution >= 0.6 is 0 Å². The van der Waals surface area contributed by atoms with Gasteiger partial charge in [0.1, 0.15) is 23.0 Å². The van der Waals surface area contributed by atoms with Crippen molar-refractivity contribution in [3.05, 3.63) is 129 Å². The van der Waals surface area contributed by atoms with E-state index in [9.17, 15) is 23.2 Å². The number of benzene rings is 2. The summed E-state index contributed by atoms with van der Waals surface area (Å²) >= 11 is 0. The SMILES string of the molecule is CN1CCN(CCc2ccc(-c3cccc(-n4c(=O)n([C@H]5CC[C@@H](NC(=O)c6cn7cc(F)ccc7n6)CC5)c(=O)c5cc(F)cnc54)c3)cc2)CC1. The number of hydrogen-bond acceptors (Lipinski definition) is 7. The number of hydrogen-bond donors (Lipinski definition) is 1. The van der Waals surface area contributed by atoms with Crippen molar-refractivity contribution in [1.29, 1.82) is 0 Å². The monoisotopic (exact) mass is 718 g/mol. The van der Waals surface area contributed by atoms with Gasteiger partial charge in [0.15, 0.2) is 5.65 Å². The zero-order valence-corrected chi connectivity index (χ0v) is 29.4. The lowest BCUT2D eigenvalue weighted by atomic mass is 9.90. The van der Waals surface area contributed by atoms with E-state index in [-0.39, 0.29) is 28.7 Å². The number of pyridine rings is 2. The van der Waals surface area contributed by atoms with Gasteiger partial charge < -0.3 is 19.5 Å². The van der Waals surface area contributed by atoms with Crippen molar-refractivity contribution in [1.82, 2.24) is 38.6 Å². The number of carbonyl (C=O) groups is 1. The minimum absolute atomic E-state index is 0.0124. The molecular weight excluding hydrogens is 678 g/mol. The molecule has 2 fully saturated rings. The van der Waals surface area contributed by atoms with E-state index in [0.29, 0.717) is 37.0 Å². The number of likely N-dealkylation sites (N-methyl/N-ethyl adjacent to an activating group) is 1. The summed E-state index contributed by atoms with van der Waals surface area (Å²) in [7, 11) is 2.16. The molecule has 0 bridgehead atoms. The van der Waals surface area contributed by atoms with Crippen LogP contribution in [0.15, 0.2) is 94.9 Å². The smallest absolute Gasteiger partial charge is 0.337 e. The number of rotatable bonds is 8. The van der Waals surface area contributed by atoms with Gasteiger partial charge in [0.2, 0.25) is 0 Å². The topological polar surface area (TPSA) is 110 Å². The molecule has 6 aromatic rings. The molecule has 2 aliphatic rings. The van der Waals surface area contributed by atoms with Crippen molar-refractivity contribution in [3.8, 4) is 16.8 Å². The molecule has 0 spiro atoms. The Kier molecular flexibility index (Phi) is 9.44. The van der Waals surface area contributed by atoms with Crippen LogP contribution < -0.4 is 16.6 Å². The van der Waals surface area contributed by atoms with Crippen LogP contribution in [-0.2, 0) is 6.42 Å². The maximum absolute atomic E-state index is 14.6. The molecule has 1 amide bonds. The van der Waals surface area contributed by atoms with Gasteiger partial charge in [-0.3, -0.25) is 14.2 Å². The molecule has 1 saturated heterocycles. The Morgan fingerprint density at radius 1 is 0.868 bits per heavy atom. The third-order valence-electron chi connectivity index (χ3n) is 10.6. The molecule has 1 aliphatic heterocycles. The predicted molar refractivity (Wildman–Crippen MR) is 199 cm³/mol. The lowest BCUT2D eigenvalue weighted by Crippen LogP contribution is -2.45.